The van der Waals surface area contributed by atoms with Crippen molar-refractivity contribution in [1.82, 2.24) is 15.1 Å². The summed E-state index contributed by atoms with van der Waals surface area (Å²) in [6.07, 6.45) is 2.05. The summed E-state index contributed by atoms with van der Waals surface area (Å²) in [5.74, 6) is 0. The molecule has 3 heteroatoms. The molecule has 1 rings (SSSR count). The third-order valence-electron chi connectivity index (χ3n) is 2.46. The number of aromatic nitrogens is 2. The average Bonchev–Trinajstić information content (AvgIpc) is 2.57. The highest BCUT2D eigenvalue weighted by Crippen LogP contribution is 2.18. The highest BCUT2D eigenvalue weighted by molar-refractivity contribution is 5.12. The minimum Gasteiger partial charge on any atom is -0.319 e. The summed E-state index contributed by atoms with van der Waals surface area (Å²) in [5, 5.41) is 7.82. The van der Waals surface area contributed by atoms with Crippen molar-refractivity contribution in [3.8, 4) is 0 Å². The van der Waals surface area contributed by atoms with Gasteiger partial charge < -0.3 is 5.32 Å². The largest absolute Gasteiger partial charge is 0.319 e. The Morgan fingerprint density at radius 3 is 2.47 bits per heavy atom. The minimum absolute atomic E-state index is 0.0865. The first-order chi connectivity index (χ1) is 6.99. The number of likely N-dealkylation sites (N-methyl/N-ethyl adjacent to an activating group) is 1. The predicted octanol–water partition coefficient (Wildman–Crippen LogP) is 1.96. The maximum Gasteiger partial charge on any atom is 0.0640 e. The monoisotopic (exact) mass is 209 g/mol. The van der Waals surface area contributed by atoms with Crippen LogP contribution in [0.2, 0.25) is 0 Å². The van der Waals surface area contributed by atoms with E-state index in [1.807, 2.05) is 7.05 Å². The number of nitrogens with zero attached hydrogens (tertiary/aromatic N) is 2. The molecule has 0 atom stereocenters. The van der Waals surface area contributed by atoms with Crippen molar-refractivity contribution in [2.24, 2.45) is 0 Å². The molecule has 15 heavy (non-hydrogen) atoms. The standard InChI is InChI=1S/C12H23N3/c1-6-11-9-10(7-8-13-5)14-15(11)12(2,3)4/h9,13H,6-8H2,1-5H3. The van der Waals surface area contributed by atoms with Gasteiger partial charge in [0.25, 0.3) is 0 Å². The molecule has 1 N–H and O–H groups in total. The van der Waals surface area contributed by atoms with Gasteiger partial charge in [-0.25, -0.2) is 0 Å². The normalized spacial score (nSPS) is 12.1. The molecule has 0 aliphatic rings. The van der Waals surface area contributed by atoms with E-state index in [1.165, 1.54) is 11.4 Å². The van der Waals surface area contributed by atoms with Gasteiger partial charge in [0.05, 0.1) is 11.2 Å². The first-order valence-electron chi connectivity index (χ1n) is 5.72. The Bertz CT molecular complexity index is 307. The molecule has 0 bridgehead atoms. The van der Waals surface area contributed by atoms with Crippen molar-refractivity contribution in [3.63, 3.8) is 0 Å². The van der Waals surface area contributed by atoms with Crippen LogP contribution in [-0.2, 0) is 18.4 Å². The molecule has 0 aliphatic heterocycles. The Labute approximate surface area is 92.9 Å². The van der Waals surface area contributed by atoms with E-state index < -0.39 is 0 Å². The van der Waals surface area contributed by atoms with Gasteiger partial charge in [-0.1, -0.05) is 6.92 Å². The van der Waals surface area contributed by atoms with Crippen LogP contribution in [0.1, 0.15) is 39.1 Å². The van der Waals surface area contributed by atoms with Gasteiger partial charge in [-0.15, -0.1) is 0 Å². The zero-order valence-corrected chi connectivity index (χ0v) is 10.6. The number of rotatable bonds is 4. The molecule has 1 aromatic heterocycles. The van der Waals surface area contributed by atoms with Crippen molar-refractivity contribution in [2.75, 3.05) is 13.6 Å². The molecular weight excluding hydrogens is 186 g/mol. The van der Waals surface area contributed by atoms with E-state index in [-0.39, 0.29) is 5.54 Å². The molecule has 0 saturated heterocycles. The van der Waals surface area contributed by atoms with Crippen LogP contribution >= 0.6 is 0 Å². The van der Waals surface area contributed by atoms with Crippen LogP contribution < -0.4 is 5.32 Å². The highest BCUT2D eigenvalue weighted by atomic mass is 15.3. The second-order valence-corrected chi connectivity index (χ2v) is 4.92. The summed E-state index contributed by atoms with van der Waals surface area (Å²) in [6.45, 7) is 9.76. The van der Waals surface area contributed by atoms with Crippen molar-refractivity contribution < 1.29 is 0 Å². The van der Waals surface area contributed by atoms with Crippen LogP contribution in [-0.4, -0.2) is 23.4 Å². The average molecular weight is 209 g/mol. The third-order valence-corrected chi connectivity index (χ3v) is 2.46. The summed E-state index contributed by atoms with van der Waals surface area (Å²) >= 11 is 0. The lowest BCUT2D eigenvalue weighted by molar-refractivity contribution is 0.342. The van der Waals surface area contributed by atoms with E-state index in [0.29, 0.717) is 0 Å². The lowest BCUT2D eigenvalue weighted by atomic mass is 10.1. The fraction of sp³-hybridized carbons (Fsp3) is 0.750. The quantitative estimate of drug-likeness (QED) is 0.821. The molecule has 0 amide bonds. The van der Waals surface area contributed by atoms with E-state index in [4.69, 9.17) is 0 Å². The van der Waals surface area contributed by atoms with E-state index in [1.54, 1.807) is 0 Å². The van der Waals surface area contributed by atoms with Gasteiger partial charge in [-0.2, -0.15) is 5.10 Å². The topological polar surface area (TPSA) is 29.9 Å². The first-order valence-corrected chi connectivity index (χ1v) is 5.72. The molecular formula is C12H23N3. The molecule has 0 aliphatic carbocycles. The number of hydrogen-bond donors (Lipinski definition) is 1. The van der Waals surface area contributed by atoms with Crippen LogP contribution in [0.5, 0.6) is 0 Å². The van der Waals surface area contributed by atoms with Gasteiger partial charge in [0.15, 0.2) is 0 Å². The fourth-order valence-corrected chi connectivity index (χ4v) is 1.68. The molecule has 0 unspecified atom stereocenters. The maximum absolute atomic E-state index is 4.67. The molecule has 0 spiro atoms. The Kier molecular flexibility index (Phi) is 3.91. The number of hydrogen-bond acceptors (Lipinski definition) is 2. The van der Waals surface area contributed by atoms with Crippen molar-refractivity contribution in [3.05, 3.63) is 17.5 Å². The van der Waals surface area contributed by atoms with Crippen molar-refractivity contribution in [1.29, 1.82) is 0 Å². The van der Waals surface area contributed by atoms with Gasteiger partial charge in [0.2, 0.25) is 0 Å². The van der Waals surface area contributed by atoms with Gasteiger partial charge in [0, 0.05) is 18.7 Å². The Morgan fingerprint density at radius 1 is 1.40 bits per heavy atom. The molecule has 0 radical (unpaired) electrons. The lowest BCUT2D eigenvalue weighted by Crippen LogP contribution is -2.25. The zero-order valence-electron chi connectivity index (χ0n) is 10.6. The van der Waals surface area contributed by atoms with Gasteiger partial charge in [0.1, 0.15) is 0 Å². The van der Waals surface area contributed by atoms with E-state index in [9.17, 15) is 0 Å². The van der Waals surface area contributed by atoms with Crippen LogP contribution in [0.25, 0.3) is 0 Å². The van der Waals surface area contributed by atoms with Crippen molar-refractivity contribution >= 4 is 0 Å². The molecule has 86 valence electrons. The van der Waals surface area contributed by atoms with E-state index >= 15 is 0 Å². The second-order valence-electron chi connectivity index (χ2n) is 4.92. The number of nitrogens with one attached hydrogen (secondary N) is 1. The summed E-state index contributed by atoms with van der Waals surface area (Å²) in [6, 6.07) is 2.22. The zero-order chi connectivity index (χ0) is 11.5. The molecule has 0 saturated carbocycles. The Hall–Kier alpha value is -0.830. The van der Waals surface area contributed by atoms with Crippen LogP contribution in [0, 0.1) is 0 Å². The molecule has 0 aromatic carbocycles. The minimum atomic E-state index is 0.0865. The van der Waals surface area contributed by atoms with Gasteiger partial charge >= 0.3 is 0 Å². The van der Waals surface area contributed by atoms with Gasteiger partial charge in [-0.05, 0) is 40.3 Å². The molecule has 1 aromatic rings. The third kappa shape index (κ3) is 3.06. The number of aryl methyl sites for hydroxylation is 1. The van der Waals surface area contributed by atoms with Crippen LogP contribution in [0.3, 0.4) is 0 Å². The van der Waals surface area contributed by atoms with E-state index in [2.05, 4.69) is 48.9 Å². The summed E-state index contributed by atoms with van der Waals surface area (Å²) in [4.78, 5) is 0. The van der Waals surface area contributed by atoms with Crippen LogP contribution in [0.4, 0.5) is 0 Å². The lowest BCUT2D eigenvalue weighted by Gasteiger charge is -2.22. The highest BCUT2D eigenvalue weighted by Gasteiger charge is 2.18. The van der Waals surface area contributed by atoms with Crippen molar-refractivity contribution in [2.45, 2.75) is 46.1 Å². The summed E-state index contributed by atoms with van der Waals surface area (Å²) in [7, 11) is 1.97. The second kappa shape index (κ2) is 4.79. The molecule has 0 fully saturated rings. The summed E-state index contributed by atoms with van der Waals surface area (Å²) < 4.78 is 2.15. The molecule has 1 heterocycles. The SMILES string of the molecule is CCc1cc(CCNC)nn1C(C)(C)C. The van der Waals surface area contributed by atoms with Crippen LogP contribution in [0.15, 0.2) is 6.07 Å². The first kappa shape index (κ1) is 12.2. The Balaban J connectivity index is 2.90. The molecule has 3 nitrogen and oxygen atoms in total. The predicted molar refractivity (Wildman–Crippen MR) is 64.2 cm³/mol. The summed E-state index contributed by atoms with van der Waals surface area (Å²) in [5.41, 5.74) is 2.60. The Morgan fingerprint density at radius 2 is 2.07 bits per heavy atom. The maximum atomic E-state index is 4.67. The fourth-order valence-electron chi connectivity index (χ4n) is 1.68. The van der Waals surface area contributed by atoms with Gasteiger partial charge in [-0.3, -0.25) is 4.68 Å². The smallest absolute Gasteiger partial charge is 0.0640 e. The van der Waals surface area contributed by atoms with E-state index in [0.717, 1.165) is 19.4 Å².